The Morgan fingerprint density at radius 1 is 1.71 bits per heavy atom. The molecule has 1 saturated heterocycles. The minimum atomic E-state index is -2.85. The van der Waals surface area contributed by atoms with E-state index < -0.39 is 15.3 Å². The van der Waals surface area contributed by atoms with E-state index in [0.717, 1.165) is 0 Å². The lowest BCUT2D eigenvalue weighted by Gasteiger charge is -1.81. The van der Waals surface area contributed by atoms with Crippen LogP contribution in [0.2, 0.25) is 0 Å². The van der Waals surface area contributed by atoms with Gasteiger partial charge in [-0.25, -0.2) is 8.42 Å². The molecular weight excluding hydrogens is 116 g/mol. The first-order chi connectivity index (χ1) is 3.11. The fraction of sp³-hybridized carbons (Fsp3) is 1.00. The molecule has 0 N–H and O–H groups in total. The van der Waals surface area contributed by atoms with Crippen molar-refractivity contribution in [3.05, 3.63) is 0 Å². The van der Waals surface area contributed by atoms with Gasteiger partial charge in [-0.3, -0.25) is 0 Å². The van der Waals surface area contributed by atoms with Crippen molar-refractivity contribution >= 4 is 9.84 Å². The van der Waals surface area contributed by atoms with Gasteiger partial charge in [0.25, 0.3) is 0 Å². The van der Waals surface area contributed by atoms with Crippen molar-refractivity contribution in [2.45, 2.75) is 5.44 Å². The maximum Gasteiger partial charge on any atom is 0.181 e. The number of epoxide rings is 1. The van der Waals surface area contributed by atoms with Gasteiger partial charge >= 0.3 is 0 Å². The molecule has 0 aromatic heterocycles. The molecule has 1 heterocycles. The predicted octanol–water partition coefficient (Wildman–Crippen LogP) is -0.613. The molecular formula is C3H6O3S. The molecule has 0 bridgehead atoms. The number of hydrogen-bond acceptors (Lipinski definition) is 3. The van der Waals surface area contributed by atoms with Gasteiger partial charge in [0, 0.05) is 6.26 Å². The molecule has 1 rings (SSSR count). The Morgan fingerprint density at radius 3 is 2.14 bits per heavy atom. The van der Waals surface area contributed by atoms with E-state index in [2.05, 4.69) is 4.74 Å². The minimum absolute atomic E-state index is 0.388. The average Bonchev–Trinajstić information content (AvgIpc) is 1.99. The maximum absolute atomic E-state index is 10.3. The van der Waals surface area contributed by atoms with Crippen molar-refractivity contribution < 1.29 is 13.2 Å². The average molecular weight is 122 g/mol. The second kappa shape index (κ2) is 1.20. The van der Waals surface area contributed by atoms with Gasteiger partial charge in [0.2, 0.25) is 0 Å². The topological polar surface area (TPSA) is 46.7 Å². The Bertz CT molecular complexity index is 153. The number of hydrogen-bond donors (Lipinski definition) is 0. The van der Waals surface area contributed by atoms with Crippen LogP contribution in [0.15, 0.2) is 0 Å². The standard InChI is InChI=1S/C3H6O3S/c1-7(4,5)3-2-6-3/h3H,2H2,1H3. The van der Waals surface area contributed by atoms with Crippen LogP contribution in [0, 0.1) is 0 Å². The molecule has 1 aliphatic rings. The maximum atomic E-state index is 10.3. The molecule has 0 saturated carbocycles. The van der Waals surface area contributed by atoms with Crippen molar-refractivity contribution in [2.75, 3.05) is 12.9 Å². The summed E-state index contributed by atoms with van der Waals surface area (Å²) in [6.07, 6.45) is 1.17. The fourth-order valence-electron chi connectivity index (χ4n) is 0.286. The van der Waals surface area contributed by atoms with Crippen LogP contribution in [-0.2, 0) is 14.6 Å². The van der Waals surface area contributed by atoms with Crippen LogP contribution in [0.25, 0.3) is 0 Å². The van der Waals surface area contributed by atoms with E-state index in [1.54, 1.807) is 0 Å². The second-order valence-electron chi connectivity index (χ2n) is 1.59. The highest BCUT2D eigenvalue weighted by atomic mass is 32.2. The summed E-state index contributed by atoms with van der Waals surface area (Å²) in [5.74, 6) is 0. The molecule has 1 unspecified atom stereocenters. The van der Waals surface area contributed by atoms with Gasteiger partial charge in [0.15, 0.2) is 15.3 Å². The van der Waals surface area contributed by atoms with Gasteiger partial charge in [0.1, 0.15) is 0 Å². The third-order valence-corrected chi connectivity index (χ3v) is 2.01. The Balaban J connectivity index is 2.71. The number of rotatable bonds is 1. The van der Waals surface area contributed by atoms with Crippen molar-refractivity contribution in [3.8, 4) is 0 Å². The third kappa shape index (κ3) is 1.14. The lowest BCUT2D eigenvalue weighted by Crippen LogP contribution is -2.03. The summed E-state index contributed by atoms with van der Waals surface area (Å²) in [7, 11) is -2.85. The van der Waals surface area contributed by atoms with Gasteiger partial charge in [-0.05, 0) is 0 Å². The molecule has 1 aliphatic heterocycles. The summed E-state index contributed by atoms with van der Waals surface area (Å²) < 4.78 is 25.0. The van der Waals surface area contributed by atoms with Crippen LogP contribution in [0.4, 0.5) is 0 Å². The predicted molar refractivity (Wildman–Crippen MR) is 24.6 cm³/mol. The van der Waals surface area contributed by atoms with Crippen molar-refractivity contribution in [2.24, 2.45) is 0 Å². The smallest absolute Gasteiger partial charge is 0.181 e. The SMILES string of the molecule is CS(=O)(=O)C1CO1. The van der Waals surface area contributed by atoms with Crippen LogP contribution < -0.4 is 0 Å². The zero-order chi connectivity index (χ0) is 5.49. The lowest BCUT2D eigenvalue weighted by atomic mass is 11.0. The largest absolute Gasteiger partial charge is 0.356 e. The highest BCUT2D eigenvalue weighted by Gasteiger charge is 2.33. The molecule has 4 heteroatoms. The Labute approximate surface area is 42.2 Å². The minimum Gasteiger partial charge on any atom is -0.356 e. The summed E-state index contributed by atoms with van der Waals surface area (Å²) in [4.78, 5) is 0. The van der Waals surface area contributed by atoms with Gasteiger partial charge in [-0.2, -0.15) is 0 Å². The summed E-state index contributed by atoms with van der Waals surface area (Å²) in [6.45, 7) is 0.388. The van der Waals surface area contributed by atoms with Crippen molar-refractivity contribution in [1.29, 1.82) is 0 Å². The van der Waals surface area contributed by atoms with Gasteiger partial charge in [0.05, 0.1) is 6.61 Å². The van der Waals surface area contributed by atoms with Crippen molar-refractivity contribution in [1.82, 2.24) is 0 Å². The normalized spacial score (nSPS) is 30.1. The molecule has 0 spiro atoms. The van der Waals surface area contributed by atoms with E-state index in [1.807, 2.05) is 0 Å². The highest BCUT2D eigenvalue weighted by Crippen LogP contribution is 2.14. The molecule has 0 radical (unpaired) electrons. The summed E-state index contributed by atoms with van der Waals surface area (Å²) in [5.41, 5.74) is -0.479. The van der Waals surface area contributed by atoms with E-state index in [0.29, 0.717) is 6.61 Å². The molecule has 0 aromatic rings. The third-order valence-electron chi connectivity index (χ3n) is 0.780. The quantitative estimate of drug-likeness (QED) is 0.436. The van der Waals surface area contributed by atoms with E-state index in [4.69, 9.17) is 0 Å². The summed E-state index contributed by atoms with van der Waals surface area (Å²) >= 11 is 0. The second-order valence-corrected chi connectivity index (χ2v) is 3.78. The zero-order valence-electron chi connectivity index (χ0n) is 3.92. The Morgan fingerprint density at radius 2 is 2.14 bits per heavy atom. The first kappa shape index (κ1) is 5.05. The van der Waals surface area contributed by atoms with Crippen molar-refractivity contribution in [3.63, 3.8) is 0 Å². The van der Waals surface area contributed by atoms with Crippen LogP contribution in [0.5, 0.6) is 0 Å². The van der Waals surface area contributed by atoms with E-state index >= 15 is 0 Å². The Hall–Kier alpha value is -0.0900. The summed E-state index contributed by atoms with van der Waals surface area (Å²) in [6, 6.07) is 0. The molecule has 0 aliphatic carbocycles. The summed E-state index contributed by atoms with van der Waals surface area (Å²) in [5, 5.41) is 0. The molecule has 42 valence electrons. The highest BCUT2D eigenvalue weighted by molar-refractivity contribution is 7.91. The molecule has 1 atom stereocenters. The van der Waals surface area contributed by atoms with Gasteiger partial charge in [-0.1, -0.05) is 0 Å². The first-order valence-corrected chi connectivity index (χ1v) is 3.86. The monoisotopic (exact) mass is 122 g/mol. The van der Waals surface area contributed by atoms with E-state index in [9.17, 15) is 8.42 Å². The van der Waals surface area contributed by atoms with Gasteiger partial charge in [-0.15, -0.1) is 0 Å². The number of sulfone groups is 1. The molecule has 0 amide bonds. The zero-order valence-corrected chi connectivity index (χ0v) is 4.73. The lowest BCUT2D eigenvalue weighted by molar-refractivity contribution is 0.446. The van der Waals surface area contributed by atoms with Crippen LogP contribution in [0.1, 0.15) is 0 Å². The van der Waals surface area contributed by atoms with E-state index in [-0.39, 0.29) is 0 Å². The van der Waals surface area contributed by atoms with Crippen LogP contribution in [0.3, 0.4) is 0 Å². The number of ether oxygens (including phenoxy) is 1. The molecule has 3 nitrogen and oxygen atoms in total. The Kier molecular flexibility index (Phi) is 0.864. The molecule has 7 heavy (non-hydrogen) atoms. The van der Waals surface area contributed by atoms with Crippen LogP contribution in [-0.4, -0.2) is 26.7 Å². The molecule has 0 aromatic carbocycles. The fourth-order valence-corrected chi connectivity index (χ4v) is 0.859. The van der Waals surface area contributed by atoms with E-state index in [1.165, 1.54) is 6.26 Å². The molecule has 1 fully saturated rings. The first-order valence-electron chi connectivity index (χ1n) is 1.91. The van der Waals surface area contributed by atoms with Crippen LogP contribution >= 0.6 is 0 Å². The van der Waals surface area contributed by atoms with Gasteiger partial charge < -0.3 is 4.74 Å².